The summed E-state index contributed by atoms with van der Waals surface area (Å²) < 4.78 is 0. The molecular weight excluding hydrogens is 254 g/mol. The minimum absolute atomic E-state index is 0.0728. The predicted octanol–water partition coefficient (Wildman–Crippen LogP) is 1.25. The summed E-state index contributed by atoms with van der Waals surface area (Å²) in [5.41, 5.74) is 2.48. The van der Waals surface area contributed by atoms with Gasteiger partial charge in [0.1, 0.15) is 11.6 Å². The van der Waals surface area contributed by atoms with E-state index in [4.69, 9.17) is 22.7 Å². The number of nitrogens with zero attached hydrogens (tertiary/aromatic N) is 2. The number of halogens is 1. The molecule has 0 aliphatic heterocycles. The number of aromatic nitrogens is 2. The molecule has 0 unspecified atom stereocenters. The van der Waals surface area contributed by atoms with Crippen LogP contribution in [0.5, 0.6) is 0 Å². The molecule has 1 aromatic carbocycles. The third-order valence-electron chi connectivity index (χ3n) is 2.29. The fourth-order valence-electron chi connectivity index (χ4n) is 1.46. The molecule has 0 aliphatic carbocycles. The lowest BCUT2D eigenvalue weighted by Gasteiger charge is -2.05. The SMILES string of the molecule is N#Cc1c(-c2ccc(Cl)cc2)nc(NN)[nH]c1=O. The van der Waals surface area contributed by atoms with Crippen LogP contribution < -0.4 is 16.8 Å². The first-order chi connectivity index (χ1) is 8.65. The Bertz CT molecular complexity index is 671. The van der Waals surface area contributed by atoms with Crippen molar-refractivity contribution in [1.82, 2.24) is 9.97 Å². The average molecular weight is 262 g/mol. The molecule has 0 aliphatic rings. The summed E-state index contributed by atoms with van der Waals surface area (Å²) in [4.78, 5) is 18.1. The van der Waals surface area contributed by atoms with E-state index in [2.05, 4.69) is 15.4 Å². The molecule has 1 heterocycles. The highest BCUT2D eigenvalue weighted by Crippen LogP contribution is 2.21. The molecule has 7 heteroatoms. The van der Waals surface area contributed by atoms with Gasteiger partial charge in [0, 0.05) is 10.6 Å². The van der Waals surface area contributed by atoms with Crippen molar-refractivity contribution in [2.24, 2.45) is 5.84 Å². The molecule has 0 amide bonds. The van der Waals surface area contributed by atoms with Gasteiger partial charge in [0.15, 0.2) is 0 Å². The molecular formula is C11H8ClN5O. The van der Waals surface area contributed by atoms with Gasteiger partial charge in [-0.2, -0.15) is 5.26 Å². The van der Waals surface area contributed by atoms with E-state index in [1.165, 1.54) is 0 Å². The van der Waals surface area contributed by atoms with E-state index in [1.807, 2.05) is 6.07 Å². The number of nitrogen functional groups attached to an aromatic ring is 1. The third kappa shape index (κ3) is 2.18. The highest BCUT2D eigenvalue weighted by atomic mass is 35.5. The van der Waals surface area contributed by atoms with E-state index in [0.717, 1.165) is 0 Å². The van der Waals surface area contributed by atoms with Crippen LogP contribution in [0.1, 0.15) is 5.56 Å². The van der Waals surface area contributed by atoms with Crippen LogP contribution in [0.15, 0.2) is 29.1 Å². The summed E-state index contributed by atoms with van der Waals surface area (Å²) >= 11 is 5.78. The number of hydrogen-bond donors (Lipinski definition) is 3. The second-order valence-corrected chi connectivity index (χ2v) is 3.84. The Balaban J connectivity index is 2.69. The first-order valence-electron chi connectivity index (χ1n) is 4.92. The van der Waals surface area contributed by atoms with Gasteiger partial charge in [-0.1, -0.05) is 23.7 Å². The summed E-state index contributed by atoms with van der Waals surface area (Å²) in [6.45, 7) is 0. The summed E-state index contributed by atoms with van der Waals surface area (Å²) in [6, 6.07) is 8.46. The van der Waals surface area contributed by atoms with Crippen LogP contribution in [0.3, 0.4) is 0 Å². The molecule has 0 saturated carbocycles. The van der Waals surface area contributed by atoms with Gasteiger partial charge in [-0.05, 0) is 12.1 Å². The van der Waals surface area contributed by atoms with Gasteiger partial charge in [-0.3, -0.25) is 15.2 Å². The molecule has 0 saturated heterocycles. The number of nitrogens with one attached hydrogen (secondary N) is 2. The molecule has 4 N–H and O–H groups in total. The quantitative estimate of drug-likeness (QED) is 0.557. The van der Waals surface area contributed by atoms with Gasteiger partial charge in [0.05, 0.1) is 5.69 Å². The van der Waals surface area contributed by atoms with Gasteiger partial charge >= 0.3 is 0 Å². The number of nitriles is 1. The van der Waals surface area contributed by atoms with E-state index in [1.54, 1.807) is 24.3 Å². The van der Waals surface area contributed by atoms with Crippen LogP contribution >= 0.6 is 11.6 Å². The van der Waals surface area contributed by atoms with Crippen LogP contribution in [0.4, 0.5) is 5.95 Å². The highest BCUT2D eigenvalue weighted by molar-refractivity contribution is 6.30. The number of nitrogens with two attached hydrogens (primary N) is 1. The Kier molecular flexibility index (Phi) is 3.28. The van der Waals surface area contributed by atoms with Crippen molar-refractivity contribution in [3.63, 3.8) is 0 Å². The fourth-order valence-corrected chi connectivity index (χ4v) is 1.59. The van der Waals surface area contributed by atoms with E-state index in [-0.39, 0.29) is 17.2 Å². The number of benzene rings is 1. The summed E-state index contributed by atoms with van der Waals surface area (Å²) in [7, 11) is 0. The van der Waals surface area contributed by atoms with Crippen LogP contribution in [0.25, 0.3) is 11.3 Å². The molecule has 1 aromatic heterocycles. The number of H-pyrrole nitrogens is 1. The zero-order valence-corrected chi connectivity index (χ0v) is 9.82. The number of hydrazine groups is 1. The molecule has 2 rings (SSSR count). The number of hydrogen-bond acceptors (Lipinski definition) is 5. The lowest BCUT2D eigenvalue weighted by Crippen LogP contribution is -2.20. The maximum absolute atomic E-state index is 11.7. The molecule has 90 valence electrons. The monoisotopic (exact) mass is 261 g/mol. The molecule has 0 fully saturated rings. The van der Waals surface area contributed by atoms with Crippen molar-refractivity contribution in [2.75, 3.05) is 5.43 Å². The lowest BCUT2D eigenvalue weighted by atomic mass is 10.1. The van der Waals surface area contributed by atoms with Crippen molar-refractivity contribution in [1.29, 1.82) is 5.26 Å². The van der Waals surface area contributed by atoms with E-state index >= 15 is 0 Å². The Morgan fingerprint density at radius 3 is 2.61 bits per heavy atom. The normalized spacial score (nSPS) is 9.83. The van der Waals surface area contributed by atoms with Crippen molar-refractivity contribution < 1.29 is 0 Å². The first kappa shape index (κ1) is 12.1. The second-order valence-electron chi connectivity index (χ2n) is 3.40. The van der Waals surface area contributed by atoms with Crippen molar-refractivity contribution >= 4 is 17.5 Å². The summed E-state index contributed by atoms with van der Waals surface area (Å²) in [6.07, 6.45) is 0. The smallest absolute Gasteiger partial charge is 0.270 e. The number of aromatic amines is 1. The number of anilines is 1. The molecule has 18 heavy (non-hydrogen) atoms. The molecule has 6 nitrogen and oxygen atoms in total. The maximum atomic E-state index is 11.7. The first-order valence-corrected chi connectivity index (χ1v) is 5.30. The van der Waals surface area contributed by atoms with Gasteiger partial charge in [-0.15, -0.1) is 0 Å². The maximum Gasteiger partial charge on any atom is 0.270 e. The van der Waals surface area contributed by atoms with Gasteiger partial charge in [0.2, 0.25) is 5.95 Å². The Labute approximate surface area is 107 Å². The molecule has 0 bridgehead atoms. The van der Waals surface area contributed by atoms with Crippen molar-refractivity contribution in [2.45, 2.75) is 0 Å². The topological polar surface area (TPSA) is 108 Å². The summed E-state index contributed by atoms with van der Waals surface area (Å²) in [5.74, 6) is 5.28. The van der Waals surface area contributed by atoms with Crippen molar-refractivity contribution in [3.8, 4) is 17.3 Å². The zero-order chi connectivity index (χ0) is 13.1. The Morgan fingerprint density at radius 2 is 2.06 bits per heavy atom. The van der Waals surface area contributed by atoms with Crippen LogP contribution in [-0.4, -0.2) is 9.97 Å². The van der Waals surface area contributed by atoms with Gasteiger partial charge in [-0.25, -0.2) is 10.8 Å². The van der Waals surface area contributed by atoms with Crippen molar-refractivity contribution in [3.05, 3.63) is 45.2 Å². The van der Waals surface area contributed by atoms with E-state index in [9.17, 15) is 4.79 Å². The molecule has 0 radical (unpaired) electrons. The Hall–Kier alpha value is -2.36. The fraction of sp³-hybridized carbons (Fsp3) is 0. The standard InChI is InChI=1S/C11H8ClN5O/c12-7-3-1-6(2-4-7)9-8(5-13)10(18)16-11(15-9)17-14/h1-4H,14H2,(H2,15,16,17,18). The van der Waals surface area contributed by atoms with Crippen LogP contribution in [-0.2, 0) is 0 Å². The molecule has 0 spiro atoms. The zero-order valence-electron chi connectivity index (χ0n) is 9.07. The molecule has 0 atom stereocenters. The largest absolute Gasteiger partial charge is 0.294 e. The lowest BCUT2D eigenvalue weighted by molar-refractivity contribution is 1.07. The molecule has 2 aromatic rings. The van der Waals surface area contributed by atoms with E-state index < -0.39 is 5.56 Å². The van der Waals surface area contributed by atoms with Gasteiger partial charge in [0.25, 0.3) is 5.56 Å². The highest BCUT2D eigenvalue weighted by Gasteiger charge is 2.12. The number of rotatable bonds is 2. The minimum atomic E-state index is -0.551. The predicted molar refractivity (Wildman–Crippen MR) is 67.8 cm³/mol. The third-order valence-corrected chi connectivity index (χ3v) is 2.54. The summed E-state index contributed by atoms with van der Waals surface area (Å²) in [5, 5.41) is 9.55. The van der Waals surface area contributed by atoms with Crippen LogP contribution in [0.2, 0.25) is 5.02 Å². The van der Waals surface area contributed by atoms with E-state index in [0.29, 0.717) is 10.6 Å². The van der Waals surface area contributed by atoms with Crippen LogP contribution in [0, 0.1) is 11.3 Å². The second kappa shape index (κ2) is 4.87. The Morgan fingerprint density at radius 1 is 1.39 bits per heavy atom. The average Bonchev–Trinajstić information content (AvgIpc) is 2.38. The van der Waals surface area contributed by atoms with Gasteiger partial charge < -0.3 is 0 Å². The minimum Gasteiger partial charge on any atom is -0.294 e.